The Kier molecular flexibility index (Phi) is 3.23. The Morgan fingerprint density at radius 2 is 1.89 bits per heavy atom. The minimum atomic E-state index is -0.255. The van der Waals surface area contributed by atoms with Gasteiger partial charge in [0, 0.05) is 11.6 Å². The molecule has 2 rings (SSSR count). The number of aromatic amines is 1. The largest absolute Gasteiger partial charge is 0.497 e. The fourth-order valence-corrected chi connectivity index (χ4v) is 1.76. The molecular formula is C13H14N2O3. The summed E-state index contributed by atoms with van der Waals surface area (Å²) in [5.74, 6) is 1.65. The lowest BCUT2D eigenvalue weighted by atomic mass is 10.1. The van der Waals surface area contributed by atoms with Crippen molar-refractivity contribution >= 4 is 5.82 Å². The maximum Gasteiger partial charge on any atom is 0.250 e. The van der Waals surface area contributed by atoms with E-state index >= 15 is 0 Å². The van der Waals surface area contributed by atoms with Gasteiger partial charge in [0.05, 0.1) is 14.2 Å². The summed E-state index contributed by atoms with van der Waals surface area (Å²) in [4.78, 5) is 13.9. The third-order valence-electron chi connectivity index (χ3n) is 2.58. The second kappa shape index (κ2) is 4.83. The predicted molar refractivity (Wildman–Crippen MR) is 70.0 cm³/mol. The minimum absolute atomic E-state index is 0.255. The van der Waals surface area contributed by atoms with Crippen molar-refractivity contribution in [3.63, 3.8) is 0 Å². The number of ether oxygens (including phenoxy) is 2. The Balaban J connectivity index is 2.64. The van der Waals surface area contributed by atoms with Crippen molar-refractivity contribution in [2.24, 2.45) is 0 Å². The van der Waals surface area contributed by atoms with E-state index in [0.29, 0.717) is 22.9 Å². The van der Waals surface area contributed by atoms with Gasteiger partial charge in [0.25, 0.3) is 0 Å². The average molecular weight is 246 g/mol. The molecule has 3 N–H and O–H groups in total. The quantitative estimate of drug-likeness (QED) is 0.863. The summed E-state index contributed by atoms with van der Waals surface area (Å²) in [6, 6.07) is 8.52. The molecule has 1 aromatic carbocycles. The van der Waals surface area contributed by atoms with Crippen LogP contribution in [0.5, 0.6) is 11.5 Å². The van der Waals surface area contributed by atoms with Gasteiger partial charge in [0.15, 0.2) is 0 Å². The fraction of sp³-hybridized carbons (Fsp3) is 0.154. The minimum Gasteiger partial charge on any atom is -0.497 e. The molecule has 0 aliphatic rings. The highest BCUT2D eigenvalue weighted by molar-refractivity contribution is 5.73. The number of anilines is 1. The van der Waals surface area contributed by atoms with E-state index < -0.39 is 0 Å². The first-order chi connectivity index (χ1) is 8.63. The molecule has 94 valence electrons. The molecule has 18 heavy (non-hydrogen) atoms. The average Bonchev–Trinajstić information content (AvgIpc) is 2.36. The predicted octanol–water partition coefficient (Wildman–Crippen LogP) is 1.64. The summed E-state index contributed by atoms with van der Waals surface area (Å²) >= 11 is 0. The number of methoxy groups -OCH3 is 2. The highest BCUT2D eigenvalue weighted by Crippen LogP contribution is 2.33. The molecule has 0 bridgehead atoms. The van der Waals surface area contributed by atoms with Crippen LogP contribution in [-0.2, 0) is 0 Å². The van der Waals surface area contributed by atoms with E-state index in [2.05, 4.69) is 4.98 Å². The number of H-pyrrole nitrogens is 1. The number of rotatable bonds is 3. The standard InChI is InChI=1S/C13H14N2O3/c1-17-9-3-4-11(18-2)10(7-9)8-5-12(14)15-13(16)6-8/h3-7H,1-2H3,(H3,14,15,16). The molecule has 0 saturated heterocycles. The van der Waals surface area contributed by atoms with E-state index in [9.17, 15) is 4.79 Å². The van der Waals surface area contributed by atoms with Crippen molar-refractivity contribution in [1.29, 1.82) is 0 Å². The first-order valence-corrected chi connectivity index (χ1v) is 5.36. The van der Waals surface area contributed by atoms with E-state index in [1.165, 1.54) is 6.07 Å². The summed E-state index contributed by atoms with van der Waals surface area (Å²) in [6.45, 7) is 0. The monoisotopic (exact) mass is 246 g/mol. The van der Waals surface area contributed by atoms with Gasteiger partial charge in [-0.3, -0.25) is 4.79 Å². The SMILES string of the molecule is COc1ccc(OC)c(-c2cc(N)[nH]c(=O)c2)c1. The molecule has 1 aromatic heterocycles. The second-order valence-electron chi connectivity index (χ2n) is 3.75. The molecule has 5 nitrogen and oxygen atoms in total. The molecule has 0 aliphatic heterocycles. The van der Waals surface area contributed by atoms with Crippen LogP contribution in [0.1, 0.15) is 0 Å². The Hall–Kier alpha value is -2.43. The van der Waals surface area contributed by atoms with Gasteiger partial charge in [-0.05, 0) is 29.8 Å². The van der Waals surface area contributed by atoms with Crippen molar-refractivity contribution in [1.82, 2.24) is 4.98 Å². The Bertz CT molecular complexity index is 620. The maximum absolute atomic E-state index is 11.4. The van der Waals surface area contributed by atoms with Crippen molar-refractivity contribution in [2.45, 2.75) is 0 Å². The van der Waals surface area contributed by atoms with Crippen LogP contribution in [0.3, 0.4) is 0 Å². The van der Waals surface area contributed by atoms with E-state index in [1.54, 1.807) is 38.5 Å². The lowest BCUT2D eigenvalue weighted by Crippen LogP contribution is -2.07. The van der Waals surface area contributed by atoms with Gasteiger partial charge in [0.1, 0.15) is 17.3 Å². The van der Waals surface area contributed by atoms with Crippen molar-refractivity contribution in [3.8, 4) is 22.6 Å². The molecule has 0 spiro atoms. The van der Waals surface area contributed by atoms with Gasteiger partial charge < -0.3 is 20.2 Å². The first-order valence-electron chi connectivity index (χ1n) is 5.36. The summed E-state index contributed by atoms with van der Waals surface area (Å²) in [6.07, 6.45) is 0. The van der Waals surface area contributed by atoms with Crippen LogP contribution in [0.2, 0.25) is 0 Å². The van der Waals surface area contributed by atoms with E-state index in [0.717, 1.165) is 5.56 Å². The van der Waals surface area contributed by atoms with Crippen molar-refractivity contribution < 1.29 is 9.47 Å². The molecule has 1 heterocycles. The Morgan fingerprint density at radius 1 is 1.11 bits per heavy atom. The molecule has 5 heteroatoms. The molecule has 0 fully saturated rings. The number of pyridine rings is 1. The number of nitrogens with two attached hydrogens (primary N) is 1. The summed E-state index contributed by atoms with van der Waals surface area (Å²) in [5.41, 5.74) is 6.82. The smallest absolute Gasteiger partial charge is 0.250 e. The van der Waals surface area contributed by atoms with Gasteiger partial charge in [-0.1, -0.05) is 0 Å². The lowest BCUT2D eigenvalue weighted by molar-refractivity contribution is 0.404. The topological polar surface area (TPSA) is 77.3 Å². The van der Waals surface area contributed by atoms with Gasteiger partial charge in [-0.2, -0.15) is 0 Å². The Labute approximate surface area is 104 Å². The Morgan fingerprint density at radius 3 is 2.50 bits per heavy atom. The van der Waals surface area contributed by atoms with Crippen molar-refractivity contribution in [3.05, 3.63) is 40.7 Å². The van der Waals surface area contributed by atoms with E-state index in [1.807, 2.05) is 0 Å². The number of nitrogen functional groups attached to an aromatic ring is 1. The van der Waals surface area contributed by atoms with Gasteiger partial charge in [-0.25, -0.2) is 0 Å². The number of hydrogen-bond donors (Lipinski definition) is 2. The summed E-state index contributed by atoms with van der Waals surface area (Å²) < 4.78 is 10.4. The summed E-state index contributed by atoms with van der Waals surface area (Å²) in [7, 11) is 3.15. The zero-order chi connectivity index (χ0) is 13.1. The molecule has 0 saturated carbocycles. The van der Waals surface area contributed by atoms with E-state index in [-0.39, 0.29) is 5.56 Å². The number of nitrogens with one attached hydrogen (secondary N) is 1. The molecule has 0 atom stereocenters. The summed E-state index contributed by atoms with van der Waals surface area (Å²) in [5, 5.41) is 0. The van der Waals surface area contributed by atoms with Crippen LogP contribution in [0.4, 0.5) is 5.82 Å². The highest BCUT2D eigenvalue weighted by Gasteiger charge is 2.09. The third kappa shape index (κ3) is 2.29. The van der Waals surface area contributed by atoms with Gasteiger partial charge >= 0.3 is 0 Å². The molecule has 0 unspecified atom stereocenters. The molecule has 0 amide bonds. The number of hydrogen-bond acceptors (Lipinski definition) is 4. The van der Waals surface area contributed by atoms with E-state index in [4.69, 9.17) is 15.2 Å². The fourth-order valence-electron chi connectivity index (χ4n) is 1.76. The van der Waals surface area contributed by atoms with Crippen LogP contribution in [0.25, 0.3) is 11.1 Å². The normalized spacial score (nSPS) is 10.1. The zero-order valence-corrected chi connectivity index (χ0v) is 10.2. The van der Waals surface area contributed by atoms with Crippen molar-refractivity contribution in [2.75, 3.05) is 20.0 Å². The van der Waals surface area contributed by atoms with Crippen LogP contribution in [0.15, 0.2) is 35.1 Å². The third-order valence-corrected chi connectivity index (χ3v) is 2.58. The van der Waals surface area contributed by atoms with Gasteiger partial charge in [0.2, 0.25) is 5.56 Å². The van der Waals surface area contributed by atoms with Crippen LogP contribution >= 0.6 is 0 Å². The molecule has 0 aliphatic carbocycles. The molecule has 2 aromatic rings. The van der Waals surface area contributed by atoms with Crippen LogP contribution < -0.4 is 20.8 Å². The number of benzene rings is 1. The maximum atomic E-state index is 11.4. The number of aromatic nitrogens is 1. The van der Waals surface area contributed by atoms with Crippen LogP contribution in [0, 0.1) is 0 Å². The first kappa shape index (κ1) is 12.0. The molecule has 0 radical (unpaired) electrons. The highest BCUT2D eigenvalue weighted by atomic mass is 16.5. The van der Waals surface area contributed by atoms with Crippen LogP contribution in [-0.4, -0.2) is 19.2 Å². The second-order valence-corrected chi connectivity index (χ2v) is 3.75. The lowest BCUT2D eigenvalue weighted by Gasteiger charge is -2.10. The molecular weight excluding hydrogens is 232 g/mol. The van der Waals surface area contributed by atoms with Gasteiger partial charge in [-0.15, -0.1) is 0 Å². The zero-order valence-electron chi connectivity index (χ0n) is 10.2.